The fourth-order valence-electron chi connectivity index (χ4n) is 2.69. The second-order valence-corrected chi connectivity index (χ2v) is 5.43. The fourth-order valence-corrected chi connectivity index (χ4v) is 2.89. The van der Waals surface area contributed by atoms with Crippen LogP contribution in [-0.4, -0.2) is 16.1 Å². The molecular weight excluding hydrogens is 286 g/mol. The van der Waals surface area contributed by atoms with E-state index in [-0.39, 0.29) is 12.3 Å². The maximum Gasteiger partial charge on any atom is 0.304 e. The number of halogens is 1. The van der Waals surface area contributed by atoms with E-state index in [0.717, 1.165) is 22.0 Å². The van der Waals surface area contributed by atoms with Crippen LogP contribution in [0.25, 0.3) is 10.9 Å². The first-order valence-electron chi connectivity index (χ1n) is 6.68. The Morgan fingerprint density at radius 3 is 2.76 bits per heavy atom. The first-order chi connectivity index (χ1) is 10.1. The number of nitrogens with one attached hydrogen (secondary N) is 1. The van der Waals surface area contributed by atoms with Crippen molar-refractivity contribution in [2.45, 2.75) is 12.3 Å². The highest BCUT2D eigenvalue weighted by atomic mass is 35.5. The predicted molar refractivity (Wildman–Crippen MR) is 83.8 cm³/mol. The van der Waals surface area contributed by atoms with Crippen LogP contribution in [0.4, 0.5) is 0 Å². The number of aliphatic carboxylic acids is 1. The molecule has 0 aliphatic heterocycles. The Morgan fingerprint density at radius 2 is 2.00 bits per heavy atom. The van der Waals surface area contributed by atoms with Crippen LogP contribution in [-0.2, 0) is 4.79 Å². The van der Waals surface area contributed by atoms with Gasteiger partial charge in [0.1, 0.15) is 0 Å². The highest BCUT2D eigenvalue weighted by Crippen LogP contribution is 2.34. The molecule has 0 aliphatic carbocycles. The van der Waals surface area contributed by atoms with E-state index in [2.05, 4.69) is 4.98 Å². The van der Waals surface area contributed by atoms with Gasteiger partial charge in [0, 0.05) is 28.0 Å². The molecule has 1 atom stereocenters. The third kappa shape index (κ3) is 2.78. The third-order valence-electron chi connectivity index (χ3n) is 3.63. The van der Waals surface area contributed by atoms with Gasteiger partial charge < -0.3 is 10.1 Å². The van der Waals surface area contributed by atoms with Crippen molar-refractivity contribution in [2.24, 2.45) is 0 Å². The molecule has 2 N–H and O–H groups in total. The number of aromatic nitrogens is 1. The van der Waals surface area contributed by atoms with Gasteiger partial charge in [-0.25, -0.2) is 0 Å². The molecule has 3 aromatic rings. The lowest BCUT2D eigenvalue weighted by atomic mass is 9.88. The second kappa shape index (κ2) is 5.62. The van der Waals surface area contributed by atoms with E-state index in [4.69, 9.17) is 11.6 Å². The Balaban J connectivity index is 2.13. The minimum Gasteiger partial charge on any atom is -0.481 e. The van der Waals surface area contributed by atoms with Gasteiger partial charge in [0.05, 0.1) is 6.42 Å². The smallest absolute Gasteiger partial charge is 0.304 e. The molecule has 0 fully saturated rings. The minimum atomic E-state index is -0.828. The van der Waals surface area contributed by atoms with Crippen molar-refractivity contribution in [2.75, 3.05) is 0 Å². The number of hydrogen-bond donors (Lipinski definition) is 2. The second-order valence-electron chi connectivity index (χ2n) is 5.00. The summed E-state index contributed by atoms with van der Waals surface area (Å²) in [6, 6.07) is 15.3. The number of benzene rings is 2. The standard InChI is InChI=1S/C17H14ClNO2/c18-12-5-3-4-11(8-12)14(9-17(20)21)15-10-19-16-7-2-1-6-13(15)16/h1-8,10,14,19H,9H2,(H,20,21). The Morgan fingerprint density at radius 1 is 1.19 bits per heavy atom. The van der Waals surface area contributed by atoms with Crippen molar-refractivity contribution in [1.29, 1.82) is 0 Å². The topological polar surface area (TPSA) is 53.1 Å². The first-order valence-corrected chi connectivity index (χ1v) is 7.06. The van der Waals surface area contributed by atoms with Crippen molar-refractivity contribution in [1.82, 2.24) is 4.98 Å². The minimum absolute atomic E-state index is 0.0300. The summed E-state index contributed by atoms with van der Waals surface area (Å²) in [6.07, 6.45) is 1.92. The highest BCUT2D eigenvalue weighted by molar-refractivity contribution is 6.30. The van der Waals surface area contributed by atoms with E-state index in [1.807, 2.05) is 48.7 Å². The number of rotatable bonds is 4. The van der Waals surface area contributed by atoms with E-state index in [0.29, 0.717) is 5.02 Å². The molecule has 4 heteroatoms. The molecule has 1 unspecified atom stereocenters. The summed E-state index contributed by atoms with van der Waals surface area (Å²) >= 11 is 6.05. The monoisotopic (exact) mass is 299 g/mol. The van der Waals surface area contributed by atoms with Crippen LogP contribution < -0.4 is 0 Å². The Bertz CT molecular complexity index is 794. The van der Waals surface area contributed by atoms with Gasteiger partial charge in [-0.3, -0.25) is 4.79 Å². The summed E-state index contributed by atoms with van der Waals surface area (Å²) in [5, 5.41) is 10.9. The van der Waals surface area contributed by atoms with Crippen molar-refractivity contribution in [3.63, 3.8) is 0 Å². The van der Waals surface area contributed by atoms with Crippen LogP contribution in [0.5, 0.6) is 0 Å². The van der Waals surface area contributed by atoms with Gasteiger partial charge in [-0.05, 0) is 29.3 Å². The molecule has 2 aromatic carbocycles. The summed E-state index contributed by atoms with van der Waals surface area (Å²) < 4.78 is 0. The maximum atomic E-state index is 11.3. The summed E-state index contributed by atoms with van der Waals surface area (Å²) in [6.45, 7) is 0. The third-order valence-corrected chi connectivity index (χ3v) is 3.86. The fraction of sp³-hybridized carbons (Fsp3) is 0.118. The molecule has 3 nitrogen and oxygen atoms in total. The maximum absolute atomic E-state index is 11.3. The molecule has 21 heavy (non-hydrogen) atoms. The van der Waals surface area contributed by atoms with Gasteiger partial charge >= 0.3 is 5.97 Å². The number of hydrogen-bond acceptors (Lipinski definition) is 1. The quantitative estimate of drug-likeness (QED) is 0.749. The molecule has 0 saturated heterocycles. The van der Waals surface area contributed by atoms with Crippen LogP contribution in [0, 0.1) is 0 Å². The molecule has 0 bridgehead atoms. The number of carboxylic acid groups (broad SMARTS) is 1. The Hall–Kier alpha value is -2.26. The molecule has 1 heterocycles. The molecule has 1 aromatic heterocycles. The average Bonchev–Trinajstić information content (AvgIpc) is 2.88. The van der Waals surface area contributed by atoms with Crippen molar-refractivity contribution >= 4 is 28.5 Å². The molecule has 0 aliphatic rings. The first kappa shape index (κ1) is 13.7. The Labute approximate surface area is 127 Å². The lowest BCUT2D eigenvalue weighted by Crippen LogP contribution is -2.07. The molecule has 0 saturated carbocycles. The molecule has 3 rings (SSSR count). The number of fused-ring (bicyclic) bond motifs is 1. The average molecular weight is 300 g/mol. The SMILES string of the molecule is O=C(O)CC(c1cccc(Cl)c1)c1c[nH]c2ccccc12. The molecule has 0 spiro atoms. The lowest BCUT2D eigenvalue weighted by Gasteiger charge is -2.15. The van der Waals surface area contributed by atoms with Crippen molar-refractivity contribution in [3.8, 4) is 0 Å². The zero-order chi connectivity index (χ0) is 14.8. The van der Waals surface area contributed by atoms with Gasteiger partial charge in [-0.2, -0.15) is 0 Å². The Kier molecular flexibility index (Phi) is 3.67. The van der Waals surface area contributed by atoms with E-state index in [1.165, 1.54) is 0 Å². The number of aromatic amines is 1. The van der Waals surface area contributed by atoms with Gasteiger partial charge in [0.2, 0.25) is 0 Å². The summed E-state index contributed by atoms with van der Waals surface area (Å²) in [5.74, 6) is -1.05. The summed E-state index contributed by atoms with van der Waals surface area (Å²) in [7, 11) is 0. The number of carboxylic acids is 1. The number of para-hydroxylation sites is 1. The zero-order valence-corrected chi connectivity index (χ0v) is 12.0. The van der Waals surface area contributed by atoms with Crippen molar-refractivity contribution < 1.29 is 9.90 Å². The van der Waals surface area contributed by atoms with E-state index >= 15 is 0 Å². The number of carbonyl (C=O) groups is 1. The largest absolute Gasteiger partial charge is 0.481 e. The van der Waals surface area contributed by atoms with Crippen LogP contribution >= 0.6 is 11.6 Å². The van der Waals surface area contributed by atoms with Gasteiger partial charge in [-0.1, -0.05) is 41.9 Å². The molecular formula is C17H14ClNO2. The van der Waals surface area contributed by atoms with E-state index in [1.54, 1.807) is 6.07 Å². The molecule has 0 amide bonds. The van der Waals surface area contributed by atoms with Crippen LogP contribution in [0.15, 0.2) is 54.7 Å². The zero-order valence-electron chi connectivity index (χ0n) is 11.2. The molecule has 0 radical (unpaired) electrons. The van der Waals surface area contributed by atoms with Gasteiger partial charge in [0.25, 0.3) is 0 Å². The predicted octanol–water partition coefficient (Wildman–Crippen LogP) is 4.43. The highest BCUT2D eigenvalue weighted by Gasteiger charge is 2.21. The molecule has 106 valence electrons. The summed E-state index contributed by atoms with van der Waals surface area (Å²) in [4.78, 5) is 14.5. The normalized spacial score (nSPS) is 12.4. The van der Waals surface area contributed by atoms with E-state index < -0.39 is 5.97 Å². The van der Waals surface area contributed by atoms with Crippen molar-refractivity contribution in [3.05, 3.63) is 70.9 Å². The van der Waals surface area contributed by atoms with Gasteiger partial charge in [-0.15, -0.1) is 0 Å². The van der Waals surface area contributed by atoms with Gasteiger partial charge in [0.15, 0.2) is 0 Å². The number of H-pyrrole nitrogens is 1. The summed E-state index contributed by atoms with van der Waals surface area (Å²) in [5.41, 5.74) is 2.90. The van der Waals surface area contributed by atoms with E-state index in [9.17, 15) is 9.90 Å². The van der Waals surface area contributed by atoms with Crippen LogP contribution in [0.2, 0.25) is 5.02 Å². The van der Waals surface area contributed by atoms with Crippen LogP contribution in [0.3, 0.4) is 0 Å². The lowest BCUT2D eigenvalue weighted by molar-refractivity contribution is -0.137. The van der Waals surface area contributed by atoms with Crippen LogP contribution in [0.1, 0.15) is 23.5 Å².